The van der Waals surface area contributed by atoms with Crippen LogP contribution in [0.15, 0.2) is 152 Å². The van der Waals surface area contributed by atoms with Gasteiger partial charge in [0, 0.05) is 40.6 Å². The highest BCUT2D eigenvalue weighted by molar-refractivity contribution is 5.80. The third kappa shape index (κ3) is 5.68. The Morgan fingerprint density at radius 2 is 0.872 bits per heavy atom. The Morgan fingerprint density at radius 3 is 1.36 bits per heavy atom. The largest absolute Gasteiger partial charge is 0.311 e. The van der Waals surface area contributed by atoms with Gasteiger partial charge in [0.2, 0.25) is 0 Å². The number of hydrogen-bond donors (Lipinski definition) is 0. The number of anilines is 3. The van der Waals surface area contributed by atoms with Crippen LogP contribution in [0.2, 0.25) is 0 Å². The first kappa shape index (κ1) is 24.1. The van der Waals surface area contributed by atoms with Crippen LogP contribution in [0, 0.1) is 0 Å². The van der Waals surface area contributed by atoms with E-state index in [1.807, 2.05) is 60.9 Å². The third-order valence-corrected chi connectivity index (χ3v) is 6.52. The molecule has 6 aromatic rings. The Bertz CT molecular complexity index is 1570. The molecule has 0 saturated heterocycles. The highest BCUT2D eigenvalue weighted by Crippen LogP contribution is 2.34. The molecule has 0 aliphatic carbocycles. The minimum atomic E-state index is 0.941. The zero-order valence-electron chi connectivity index (χ0n) is 21.4. The van der Waals surface area contributed by atoms with Gasteiger partial charge in [0.05, 0.1) is 11.4 Å². The molecule has 4 aromatic carbocycles. The number of hydrogen-bond acceptors (Lipinski definition) is 3. The minimum absolute atomic E-state index is 0.941. The summed E-state index contributed by atoms with van der Waals surface area (Å²) in [5.74, 6) is 0. The fourth-order valence-electron chi connectivity index (χ4n) is 4.64. The molecule has 0 unspecified atom stereocenters. The van der Waals surface area contributed by atoms with Gasteiger partial charge in [0.15, 0.2) is 0 Å². The van der Waals surface area contributed by atoms with Gasteiger partial charge >= 0.3 is 0 Å². The SMILES string of the molecule is C(=C\c1cc(-c2ccccn2)cc(-c2ccccn2)c1)/c1ccc(N(c2ccccc2)c2ccccc2)cc1. The molecule has 0 amide bonds. The van der Waals surface area contributed by atoms with E-state index >= 15 is 0 Å². The van der Waals surface area contributed by atoms with Crippen molar-refractivity contribution in [3.05, 3.63) is 163 Å². The van der Waals surface area contributed by atoms with Gasteiger partial charge in [0.1, 0.15) is 0 Å². The van der Waals surface area contributed by atoms with E-state index in [-0.39, 0.29) is 0 Å². The first-order valence-corrected chi connectivity index (χ1v) is 13.0. The van der Waals surface area contributed by atoms with Gasteiger partial charge in [-0.25, -0.2) is 0 Å². The lowest BCUT2D eigenvalue weighted by atomic mass is 10.00. The average molecular weight is 502 g/mol. The van der Waals surface area contributed by atoms with Crippen molar-refractivity contribution in [2.75, 3.05) is 4.90 Å². The van der Waals surface area contributed by atoms with Gasteiger partial charge in [-0.3, -0.25) is 9.97 Å². The Morgan fingerprint density at radius 1 is 0.410 bits per heavy atom. The van der Waals surface area contributed by atoms with E-state index in [1.165, 1.54) is 0 Å². The summed E-state index contributed by atoms with van der Waals surface area (Å²) in [5.41, 5.74) is 9.60. The van der Waals surface area contributed by atoms with Gasteiger partial charge in [-0.2, -0.15) is 0 Å². The first-order chi connectivity index (χ1) is 19.3. The van der Waals surface area contributed by atoms with E-state index in [9.17, 15) is 0 Å². The van der Waals surface area contributed by atoms with Crippen LogP contribution < -0.4 is 4.90 Å². The highest BCUT2D eigenvalue weighted by atomic mass is 15.1. The second kappa shape index (κ2) is 11.4. The third-order valence-electron chi connectivity index (χ3n) is 6.52. The summed E-state index contributed by atoms with van der Waals surface area (Å²) in [6.07, 6.45) is 7.96. The summed E-state index contributed by atoms with van der Waals surface area (Å²) in [6.45, 7) is 0. The molecule has 3 heteroatoms. The maximum atomic E-state index is 4.57. The molecule has 0 atom stereocenters. The number of pyridine rings is 2. The molecule has 6 rings (SSSR count). The molecule has 0 radical (unpaired) electrons. The Balaban J connectivity index is 1.32. The fraction of sp³-hybridized carbons (Fsp3) is 0. The summed E-state index contributed by atoms with van der Waals surface area (Å²) in [4.78, 5) is 11.4. The molecule has 2 heterocycles. The van der Waals surface area contributed by atoms with E-state index < -0.39 is 0 Å². The van der Waals surface area contributed by atoms with Crippen molar-refractivity contribution in [3.8, 4) is 22.5 Å². The smallest absolute Gasteiger partial charge is 0.0702 e. The topological polar surface area (TPSA) is 29.0 Å². The van der Waals surface area contributed by atoms with Crippen LogP contribution in [-0.2, 0) is 0 Å². The summed E-state index contributed by atoms with van der Waals surface area (Å²) in [6, 6.07) is 48.0. The molecule has 0 N–H and O–H groups in total. The zero-order chi connectivity index (χ0) is 26.3. The highest BCUT2D eigenvalue weighted by Gasteiger charge is 2.11. The molecule has 0 aliphatic heterocycles. The lowest BCUT2D eigenvalue weighted by molar-refractivity contribution is 1.28. The molecule has 3 nitrogen and oxygen atoms in total. The van der Waals surface area contributed by atoms with E-state index in [0.29, 0.717) is 0 Å². The van der Waals surface area contributed by atoms with Crippen molar-refractivity contribution in [2.24, 2.45) is 0 Å². The average Bonchev–Trinajstić information content (AvgIpc) is 3.03. The van der Waals surface area contributed by atoms with Gasteiger partial charge in [-0.15, -0.1) is 0 Å². The monoisotopic (exact) mass is 501 g/mol. The van der Waals surface area contributed by atoms with E-state index in [4.69, 9.17) is 0 Å². The van der Waals surface area contributed by atoms with Crippen LogP contribution in [0.4, 0.5) is 17.1 Å². The molecule has 39 heavy (non-hydrogen) atoms. The van der Waals surface area contributed by atoms with Gasteiger partial charge < -0.3 is 4.90 Å². The van der Waals surface area contributed by atoms with Crippen LogP contribution in [0.1, 0.15) is 11.1 Å². The van der Waals surface area contributed by atoms with Crippen molar-refractivity contribution < 1.29 is 0 Å². The van der Waals surface area contributed by atoms with Crippen LogP contribution in [0.3, 0.4) is 0 Å². The number of benzene rings is 4. The fourth-order valence-corrected chi connectivity index (χ4v) is 4.64. The molecule has 186 valence electrons. The van der Waals surface area contributed by atoms with Crippen molar-refractivity contribution in [3.63, 3.8) is 0 Å². The van der Waals surface area contributed by atoms with E-state index in [1.54, 1.807) is 0 Å². The van der Waals surface area contributed by atoms with Crippen LogP contribution in [0.25, 0.3) is 34.7 Å². The second-order valence-electron chi connectivity index (χ2n) is 9.21. The van der Waals surface area contributed by atoms with Crippen molar-refractivity contribution in [1.29, 1.82) is 0 Å². The lowest BCUT2D eigenvalue weighted by Gasteiger charge is -2.25. The van der Waals surface area contributed by atoms with Crippen molar-refractivity contribution >= 4 is 29.2 Å². The summed E-state index contributed by atoms with van der Waals surface area (Å²) in [5, 5.41) is 0. The maximum absolute atomic E-state index is 4.57. The number of nitrogens with zero attached hydrogens (tertiary/aromatic N) is 3. The molecule has 2 aromatic heterocycles. The van der Waals surface area contributed by atoms with E-state index in [0.717, 1.165) is 50.7 Å². The summed E-state index contributed by atoms with van der Waals surface area (Å²) >= 11 is 0. The van der Waals surface area contributed by atoms with Crippen LogP contribution in [0.5, 0.6) is 0 Å². The van der Waals surface area contributed by atoms with Crippen LogP contribution in [-0.4, -0.2) is 9.97 Å². The molecular formula is C36H27N3. The Hall–Kier alpha value is -5.28. The number of aromatic nitrogens is 2. The molecule has 0 bridgehead atoms. The molecule has 0 saturated carbocycles. The van der Waals surface area contributed by atoms with Crippen LogP contribution >= 0.6 is 0 Å². The number of rotatable bonds is 7. The summed E-state index contributed by atoms with van der Waals surface area (Å²) < 4.78 is 0. The summed E-state index contributed by atoms with van der Waals surface area (Å²) in [7, 11) is 0. The predicted molar refractivity (Wildman–Crippen MR) is 163 cm³/mol. The Kier molecular flexibility index (Phi) is 7.04. The van der Waals surface area contributed by atoms with Crippen molar-refractivity contribution in [1.82, 2.24) is 9.97 Å². The number of para-hydroxylation sites is 2. The maximum Gasteiger partial charge on any atom is 0.0702 e. The first-order valence-electron chi connectivity index (χ1n) is 13.0. The van der Waals surface area contributed by atoms with Gasteiger partial charge in [-0.05, 0) is 90.0 Å². The standard InChI is InChI=1S/C36H27N3/c1-3-11-32(12-4-1)39(33-13-5-2-6-14-33)34-21-19-28(20-22-34)17-18-29-25-30(35-15-7-9-23-37-35)27-31(26-29)36-16-8-10-24-38-36/h1-27H/b18-17+. The van der Waals surface area contributed by atoms with Crippen molar-refractivity contribution in [2.45, 2.75) is 0 Å². The quantitative estimate of drug-likeness (QED) is 0.204. The van der Waals surface area contributed by atoms with Gasteiger partial charge in [-0.1, -0.05) is 72.8 Å². The lowest BCUT2D eigenvalue weighted by Crippen LogP contribution is -2.09. The van der Waals surface area contributed by atoms with E-state index in [2.05, 4.69) is 118 Å². The second-order valence-corrected chi connectivity index (χ2v) is 9.21. The van der Waals surface area contributed by atoms with Gasteiger partial charge in [0.25, 0.3) is 0 Å². The predicted octanol–water partition coefficient (Wildman–Crippen LogP) is 9.45. The molecule has 0 aliphatic rings. The zero-order valence-corrected chi connectivity index (χ0v) is 21.4. The minimum Gasteiger partial charge on any atom is -0.311 e. The molecule has 0 fully saturated rings. The Labute approximate surface area is 229 Å². The molecular weight excluding hydrogens is 474 g/mol. The molecule has 0 spiro atoms. The normalized spacial score (nSPS) is 11.0.